The van der Waals surface area contributed by atoms with Gasteiger partial charge < -0.3 is 20.1 Å². The van der Waals surface area contributed by atoms with Crippen molar-refractivity contribution in [2.45, 2.75) is 0 Å². The maximum absolute atomic E-state index is 11.1. The number of hydrogen-bond acceptors (Lipinski definition) is 11. The van der Waals surface area contributed by atoms with E-state index in [1.165, 1.54) is 24.4 Å². The highest BCUT2D eigenvalue weighted by atomic mass is 35.5. The van der Waals surface area contributed by atoms with E-state index in [9.17, 15) is 15.2 Å². The highest BCUT2D eigenvalue weighted by Gasteiger charge is 2.17. The number of non-ortho nitro benzene ring substituents is 1. The zero-order valence-electron chi connectivity index (χ0n) is 17.2. The minimum Gasteiger partial charge on any atom is -0.507 e. The third kappa shape index (κ3) is 5.81. The molecule has 0 saturated carbocycles. The van der Waals surface area contributed by atoms with Gasteiger partial charge in [-0.25, -0.2) is 5.43 Å². The number of halogens is 1. The molecule has 1 aliphatic rings. The average Bonchev–Trinajstić information content (AvgIpc) is 2.82. The van der Waals surface area contributed by atoms with Gasteiger partial charge in [0.05, 0.1) is 24.4 Å². The number of nitro groups is 1. The first kappa shape index (κ1) is 22.2. The number of nitro benzene ring substituents is 1. The number of ether oxygens (including phenoxy) is 1. The molecule has 12 nitrogen and oxygen atoms in total. The Kier molecular flexibility index (Phi) is 6.76. The summed E-state index contributed by atoms with van der Waals surface area (Å²) < 4.78 is 5.38. The Morgan fingerprint density at radius 1 is 1.15 bits per heavy atom. The molecule has 2 heterocycles. The number of anilines is 4. The van der Waals surface area contributed by atoms with E-state index < -0.39 is 4.92 Å². The average molecular weight is 471 g/mol. The Labute approximate surface area is 193 Å². The van der Waals surface area contributed by atoms with E-state index in [0.717, 1.165) is 0 Å². The summed E-state index contributed by atoms with van der Waals surface area (Å²) in [6.45, 7) is 2.27. The van der Waals surface area contributed by atoms with Crippen LogP contribution >= 0.6 is 11.6 Å². The number of hydrazone groups is 1. The molecule has 170 valence electrons. The van der Waals surface area contributed by atoms with Crippen molar-refractivity contribution in [3.05, 3.63) is 63.2 Å². The van der Waals surface area contributed by atoms with Gasteiger partial charge in [0.2, 0.25) is 17.8 Å². The zero-order chi connectivity index (χ0) is 23.2. The molecule has 1 saturated heterocycles. The number of rotatable bonds is 7. The smallest absolute Gasteiger partial charge is 0.271 e. The lowest BCUT2D eigenvalue weighted by Crippen LogP contribution is -2.37. The van der Waals surface area contributed by atoms with Gasteiger partial charge in [-0.1, -0.05) is 17.7 Å². The lowest BCUT2D eigenvalue weighted by molar-refractivity contribution is -0.384. The normalized spacial score (nSPS) is 13.8. The largest absolute Gasteiger partial charge is 0.507 e. The predicted molar refractivity (Wildman–Crippen MR) is 124 cm³/mol. The minimum absolute atomic E-state index is 0.0163. The van der Waals surface area contributed by atoms with Crippen molar-refractivity contribution in [2.24, 2.45) is 5.10 Å². The van der Waals surface area contributed by atoms with Crippen molar-refractivity contribution in [1.29, 1.82) is 0 Å². The predicted octanol–water partition coefficient (Wildman–Crippen LogP) is 3.17. The highest BCUT2D eigenvalue weighted by Crippen LogP contribution is 2.23. The number of benzene rings is 2. The third-order valence-corrected chi connectivity index (χ3v) is 4.82. The van der Waals surface area contributed by atoms with E-state index in [0.29, 0.717) is 48.5 Å². The molecule has 1 fully saturated rings. The van der Waals surface area contributed by atoms with Gasteiger partial charge >= 0.3 is 0 Å². The van der Waals surface area contributed by atoms with E-state index >= 15 is 0 Å². The van der Waals surface area contributed by atoms with Crippen molar-refractivity contribution >= 4 is 47.0 Å². The SMILES string of the molecule is O=[N+]([O-])c1cccc(Nc2nc(N/N=C\c3cc(Cl)ccc3O)nc(N3CCOCC3)n2)c1. The van der Waals surface area contributed by atoms with Crippen LogP contribution in [0.3, 0.4) is 0 Å². The van der Waals surface area contributed by atoms with Gasteiger partial charge in [-0.2, -0.15) is 20.1 Å². The Morgan fingerprint density at radius 3 is 2.73 bits per heavy atom. The second kappa shape index (κ2) is 10.1. The van der Waals surface area contributed by atoms with Crippen LogP contribution in [-0.4, -0.2) is 57.5 Å². The Morgan fingerprint density at radius 2 is 1.94 bits per heavy atom. The van der Waals surface area contributed by atoms with Gasteiger partial charge in [-0.05, 0) is 24.3 Å². The lowest BCUT2D eigenvalue weighted by atomic mass is 10.2. The van der Waals surface area contributed by atoms with Crippen LogP contribution in [0.25, 0.3) is 0 Å². The van der Waals surface area contributed by atoms with E-state index in [1.54, 1.807) is 24.3 Å². The molecule has 0 spiro atoms. The fourth-order valence-corrected chi connectivity index (χ4v) is 3.17. The zero-order valence-corrected chi connectivity index (χ0v) is 17.9. The van der Waals surface area contributed by atoms with Crippen LogP contribution < -0.4 is 15.6 Å². The van der Waals surface area contributed by atoms with E-state index in [-0.39, 0.29) is 23.3 Å². The molecular formula is C20H19ClN8O4. The van der Waals surface area contributed by atoms with Gasteiger partial charge in [0.1, 0.15) is 5.75 Å². The molecule has 4 rings (SSSR count). The number of aromatic nitrogens is 3. The summed E-state index contributed by atoms with van der Waals surface area (Å²) in [5.41, 5.74) is 3.51. The quantitative estimate of drug-likeness (QED) is 0.266. The van der Waals surface area contributed by atoms with Crippen LogP contribution in [0.15, 0.2) is 47.6 Å². The first-order valence-electron chi connectivity index (χ1n) is 9.86. The molecular weight excluding hydrogens is 452 g/mol. The number of nitrogens with zero attached hydrogens (tertiary/aromatic N) is 6. The molecule has 33 heavy (non-hydrogen) atoms. The Bertz CT molecular complexity index is 1190. The molecule has 3 N–H and O–H groups in total. The van der Waals surface area contributed by atoms with E-state index in [4.69, 9.17) is 16.3 Å². The summed E-state index contributed by atoms with van der Waals surface area (Å²) >= 11 is 5.96. The lowest BCUT2D eigenvalue weighted by Gasteiger charge is -2.27. The summed E-state index contributed by atoms with van der Waals surface area (Å²) in [6, 6.07) is 10.6. The third-order valence-electron chi connectivity index (χ3n) is 4.59. The van der Waals surface area contributed by atoms with Crippen LogP contribution in [0, 0.1) is 10.1 Å². The summed E-state index contributed by atoms with van der Waals surface area (Å²) in [5, 5.41) is 28.5. The Hall–Kier alpha value is -4.03. The number of hydrogen-bond donors (Lipinski definition) is 3. The molecule has 0 radical (unpaired) electrons. The van der Waals surface area contributed by atoms with Crippen molar-refractivity contribution in [3.63, 3.8) is 0 Å². The minimum atomic E-state index is -0.481. The first-order valence-corrected chi connectivity index (χ1v) is 10.2. The first-order chi connectivity index (χ1) is 16.0. The molecule has 1 aliphatic heterocycles. The maximum atomic E-state index is 11.1. The monoisotopic (exact) mass is 470 g/mol. The van der Waals surface area contributed by atoms with Gasteiger partial charge in [0.25, 0.3) is 5.69 Å². The molecule has 13 heteroatoms. The second-order valence-electron chi connectivity index (χ2n) is 6.89. The number of nitrogens with one attached hydrogen (secondary N) is 2. The molecule has 1 aromatic heterocycles. The molecule has 0 atom stereocenters. The van der Waals surface area contributed by atoms with Crippen LogP contribution in [-0.2, 0) is 4.74 Å². The number of aromatic hydroxyl groups is 1. The van der Waals surface area contributed by atoms with Crippen molar-refractivity contribution < 1.29 is 14.8 Å². The van der Waals surface area contributed by atoms with Crippen molar-refractivity contribution in [3.8, 4) is 5.75 Å². The van der Waals surface area contributed by atoms with Gasteiger partial charge in [0, 0.05) is 41.5 Å². The molecule has 0 unspecified atom stereocenters. The Balaban J connectivity index is 1.60. The van der Waals surface area contributed by atoms with Crippen LogP contribution in [0.5, 0.6) is 5.75 Å². The highest BCUT2D eigenvalue weighted by molar-refractivity contribution is 6.30. The topological polar surface area (TPSA) is 151 Å². The van der Waals surface area contributed by atoms with Crippen molar-refractivity contribution in [2.75, 3.05) is 41.9 Å². The molecule has 2 aromatic carbocycles. The van der Waals surface area contributed by atoms with E-state index in [1.807, 2.05) is 4.90 Å². The summed E-state index contributed by atoms with van der Waals surface area (Å²) in [6.07, 6.45) is 1.38. The van der Waals surface area contributed by atoms with Crippen LogP contribution in [0.4, 0.5) is 29.2 Å². The van der Waals surface area contributed by atoms with Gasteiger partial charge in [0.15, 0.2) is 0 Å². The fourth-order valence-electron chi connectivity index (χ4n) is 2.99. The maximum Gasteiger partial charge on any atom is 0.271 e. The van der Waals surface area contributed by atoms with Crippen LogP contribution in [0.2, 0.25) is 5.02 Å². The number of morpholine rings is 1. The molecule has 3 aromatic rings. The summed E-state index contributed by atoms with van der Waals surface area (Å²) in [7, 11) is 0. The van der Waals surface area contributed by atoms with Crippen molar-refractivity contribution in [1.82, 2.24) is 15.0 Å². The molecule has 0 amide bonds. The molecule has 0 bridgehead atoms. The summed E-state index contributed by atoms with van der Waals surface area (Å²) in [4.78, 5) is 25.7. The number of phenols is 1. The number of phenolic OH excluding ortho intramolecular Hbond substituents is 1. The second-order valence-corrected chi connectivity index (χ2v) is 7.32. The van der Waals surface area contributed by atoms with Crippen LogP contribution in [0.1, 0.15) is 5.56 Å². The van der Waals surface area contributed by atoms with Gasteiger partial charge in [-0.15, -0.1) is 0 Å². The summed E-state index contributed by atoms with van der Waals surface area (Å²) in [5.74, 6) is 0.722. The standard InChI is InChI=1S/C20H19ClN8O4/c21-14-4-5-17(30)13(10-14)12-22-27-19-24-18(23-15-2-1-3-16(11-15)29(31)32)25-20(26-19)28-6-8-33-9-7-28/h1-5,10-12,30H,6-9H2,(H2,23,24,25,26,27)/b22-12-. The van der Waals surface area contributed by atoms with Gasteiger partial charge in [-0.3, -0.25) is 10.1 Å². The van der Waals surface area contributed by atoms with E-state index in [2.05, 4.69) is 30.8 Å². The fraction of sp³-hybridized carbons (Fsp3) is 0.200. The molecule has 0 aliphatic carbocycles.